The number of hydrogen-bond donors (Lipinski definition) is 1. The van der Waals surface area contributed by atoms with Crippen molar-refractivity contribution >= 4 is 5.97 Å². The molecule has 1 heterocycles. The Hall–Kier alpha value is -2.23. The Balaban J connectivity index is 2.58. The van der Waals surface area contributed by atoms with Gasteiger partial charge >= 0.3 is 5.97 Å². The molecule has 1 aromatic carbocycles. The van der Waals surface area contributed by atoms with Gasteiger partial charge in [0.1, 0.15) is 6.33 Å². The van der Waals surface area contributed by atoms with Crippen LogP contribution in [0.1, 0.15) is 27.2 Å². The number of rotatable bonds is 2. The summed E-state index contributed by atoms with van der Waals surface area (Å²) in [5.74, 6) is -1.04. The minimum atomic E-state index is -1.04. The topological polar surface area (TPSA) is 63.1 Å². The summed E-state index contributed by atoms with van der Waals surface area (Å²) in [7, 11) is 0. The number of benzene rings is 1. The van der Waals surface area contributed by atoms with Crippen LogP contribution in [0, 0.1) is 20.8 Å². The molecule has 1 N–H and O–H groups in total. The molecule has 18 heavy (non-hydrogen) atoms. The first-order valence-electron chi connectivity index (χ1n) is 5.62. The number of nitrogens with zero attached hydrogens (tertiary/aromatic N) is 2. The summed E-state index contributed by atoms with van der Waals surface area (Å²) in [5.41, 5.74) is 5.05. The second-order valence-electron chi connectivity index (χ2n) is 4.35. The molecule has 0 aliphatic rings. The van der Waals surface area contributed by atoms with Crippen molar-refractivity contribution in [2.75, 3.05) is 0 Å². The minimum absolute atomic E-state index is 0.0117. The molecular formula is C14H14N2O2. The number of aromatic nitrogens is 2. The van der Waals surface area contributed by atoms with Crippen LogP contribution in [0.15, 0.2) is 24.5 Å². The molecule has 0 bridgehead atoms. The Morgan fingerprint density at radius 3 is 2.33 bits per heavy atom. The average Bonchev–Trinajstić information content (AvgIpc) is 2.34. The fourth-order valence-electron chi connectivity index (χ4n) is 1.86. The maximum absolute atomic E-state index is 10.9. The van der Waals surface area contributed by atoms with Crippen molar-refractivity contribution in [3.05, 3.63) is 46.9 Å². The van der Waals surface area contributed by atoms with Crippen LogP contribution < -0.4 is 0 Å². The SMILES string of the molecule is Cc1cc(C)c(-c2cc(C(=O)O)ncn2)cc1C. The highest BCUT2D eigenvalue weighted by Gasteiger charge is 2.10. The highest BCUT2D eigenvalue weighted by molar-refractivity contribution is 5.86. The van der Waals surface area contributed by atoms with Crippen molar-refractivity contribution in [2.24, 2.45) is 0 Å². The number of carbonyl (C=O) groups is 1. The smallest absolute Gasteiger partial charge is 0.354 e. The first-order chi connectivity index (χ1) is 8.49. The number of aryl methyl sites for hydroxylation is 3. The van der Waals surface area contributed by atoms with E-state index in [9.17, 15) is 4.79 Å². The zero-order valence-corrected chi connectivity index (χ0v) is 10.6. The summed E-state index contributed by atoms with van der Waals surface area (Å²) in [6.45, 7) is 6.07. The average molecular weight is 242 g/mol. The molecule has 4 heteroatoms. The summed E-state index contributed by atoms with van der Waals surface area (Å²) in [4.78, 5) is 18.8. The van der Waals surface area contributed by atoms with E-state index in [0.717, 1.165) is 16.7 Å². The van der Waals surface area contributed by atoms with Gasteiger partial charge in [0, 0.05) is 5.56 Å². The molecule has 0 aliphatic carbocycles. The molecule has 0 saturated carbocycles. The summed E-state index contributed by atoms with van der Waals surface area (Å²) < 4.78 is 0. The maximum atomic E-state index is 10.9. The quantitative estimate of drug-likeness (QED) is 0.879. The lowest BCUT2D eigenvalue weighted by atomic mass is 9.98. The highest BCUT2D eigenvalue weighted by atomic mass is 16.4. The predicted molar refractivity (Wildman–Crippen MR) is 68.6 cm³/mol. The van der Waals surface area contributed by atoms with Crippen molar-refractivity contribution in [3.8, 4) is 11.3 Å². The van der Waals surface area contributed by atoms with Crippen LogP contribution in [-0.4, -0.2) is 21.0 Å². The van der Waals surface area contributed by atoms with Gasteiger partial charge in [0.2, 0.25) is 0 Å². The molecule has 4 nitrogen and oxygen atoms in total. The molecule has 2 rings (SSSR count). The fraction of sp³-hybridized carbons (Fsp3) is 0.214. The Morgan fingerprint density at radius 2 is 1.67 bits per heavy atom. The van der Waals surface area contributed by atoms with Gasteiger partial charge in [0.25, 0.3) is 0 Å². The van der Waals surface area contributed by atoms with Crippen LogP contribution >= 0.6 is 0 Å². The second kappa shape index (κ2) is 4.56. The minimum Gasteiger partial charge on any atom is -0.477 e. The molecule has 1 aromatic heterocycles. The van der Waals surface area contributed by atoms with Crippen LogP contribution in [-0.2, 0) is 0 Å². The van der Waals surface area contributed by atoms with Crippen molar-refractivity contribution in [3.63, 3.8) is 0 Å². The van der Waals surface area contributed by atoms with Gasteiger partial charge in [-0.25, -0.2) is 14.8 Å². The van der Waals surface area contributed by atoms with Crippen molar-refractivity contribution in [1.82, 2.24) is 9.97 Å². The monoisotopic (exact) mass is 242 g/mol. The van der Waals surface area contributed by atoms with E-state index in [-0.39, 0.29) is 5.69 Å². The van der Waals surface area contributed by atoms with E-state index >= 15 is 0 Å². The van der Waals surface area contributed by atoms with E-state index in [1.807, 2.05) is 19.9 Å². The zero-order valence-electron chi connectivity index (χ0n) is 10.6. The van der Waals surface area contributed by atoms with Gasteiger partial charge in [-0.05, 0) is 49.6 Å². The molecule has 0 atom stereocenters. The van der Waals surface area contributed by atoms with E-state index in [1.165, 1.54) is 18.0 Å². The molecule has 0 radical (unpaired) electrons. The number of carboxylic acid groups (broad SMARTS) is 1. The molecule has 0 fully saturated rings. The van der Waals surface area contributed by atoms with Crippen LogP contribution in [0.25, 0.3) is 11.3 Å². The van der Waals surface area contributed by atoms with Gasteiger partial charge in [-0.3, -0.25) is 0 Å². The molecule has 2 aromatic rings. The van der Waals surface area contributed by atoms with E-state index in [4.69, 9.17) is 5.11 Å². The first-order valence-corrected chi connectivity index (χ1v) is 5.62. The molecule has 0 aliphatic heterocycles. The van der Waals surface area contributed by atoms with Crippen molar-refractivity contribution in [2.45, 2.75) is 20.8 Å². The van der Waals surface area contributed by atoms with Gasteiger partial charge in [0.15, 0.2) is 5.69 Å². The maximum Gasteiger partial charge on any atom is 0.354 e. The molecular weight excluding hydrogens is 228 g/mol. The van der Waals surface area contributed by atoms with Gasteiger partial charge in [-0.2, -0.15) is 0 Å². The summed E-state index contributed by atoms with van der Waals surface area (Å²) in [5, 5.41) is 8.93. The third-order valence-electron chi connectivity index (χ3n) is 3.00. The standard InChI is InChI=1S/C14H14N2O2/c1-8-4-10(3)11(5-9(8)2)12-6-13(14(17)18)16-7-15-12/h4-7H,1-3H3,(H,17,18). The lowest BCUT2D eigenvalue weighted by molar-refractivity contribution is 0.0690. The Labute approximate surface area is 105 Å². The van der Waals surface area contributed by atoms with Gasteiger partial charge in [0.05, 0.1) is 5.69 Å². The third kappa shape index (κ3) is 2.22. The Kier molecular flexibility index (Phi) is 3.10. The fourth-order valence-corrected chi connectivity index (χ4v) is 1.86. The zero-order chi connectivity index (χ0) is 13.3. The van der Waals surface area contributed by atoms with Crippen LogP contribution in [0.5, 0.6) is 0 Å². The lowest BCUT2D eigenvalue weighted by Crippen LogP contribution is -2.01. The van der Waals surface area contributed by atoms with E-state index in [2.05, 4.69) is 23.0 Å². The molecule has 92 valence electrons. The van der Waals surface area contributed by atoms with Crippen LogP contribution in [0.3, 0.4) is 0 Å². The largest absolute Gasteiger partial charge is 0.477 e. The first kappa shape index (κ1) is 12.2. The van der Waals surface area contributed by atoms with Gasteiger partial charge in [-0.1, -0.05) is 6.07 Å². The van der Waals surface area contributed by atoms with Crippen molar-refractivity contribution < 1.29 is 9.90 Å². The number of hydrogen-bond acceptors (Lipinski definition) is 3. The summed E-state index contributed by atoms with van der Waals surface area (Å²) in [6, 6.07) is 5.60. The lowest BCUT2D eigenvalue weighted by Gasteiger charge is -2.09. The van der Waals surface area contributed by atoms with Crippen LogP contribution in [0.4, 0.5) is 0 Å². The summed E-state index contributed by atoms with van der Waals surface area (Å²) in [6.07, 6.45) is 1.29. The Morgan fingerprint density at radius 1 is 1.00 bits per heavy atom. The molecule has 0 unspecified atom stereocenters. The van der Waals surface area contributed by atoms with E-state index < -0.39 is 5.97 Å². The summed E-state index contributed by atoms with van der Waals surface area (Å²) >= 11 is 0. The third-order valence-corrected chi connectivity index (χ3v) is 3.00. The van der Waals surface area contributed by atoms with Gasteiger partial charge in [-0.15, -0.1) is 0 Å². The highest BCUT2D eigenvalue weighted by Crippen LogP contribution is 2.24. The van der Waals surface area contributed by atoms with Crippen molar-refractivity contribution in [1.29, 1.82) is 0 Å². The van der Waals surface area contributed by atoms with E-state index in [1.54, 1.807) is 0 Å². The molecule has 0 spiro atoms. The molecule has 0 saturated heterocycles. The van der Waals surface area contributed by atoms with E-state index in [0.29, 0.717) is 5.69 Å². The molecule has 0 amide bonds. The predicted octanol–water partition coefficient (Wildman–Crippen LogP) is 2.77. The van der Waals surface area contributed by atoms with Gasteiger partial charge < -0.3 is 5.11 Å². The second-order valence-corrected chi connectivity index (χ2v) is 4.35. The normalized spacial score (nSPS) is 10.4. The number of aromatic carboxylic acids is 1. The Bertz CT molecular complexity index is 621. The number of carboxylic acids is 1. The van der Waals surface area contributed by atoms with Crippen LogP contribution in [0.2, 0.25) is 0 Å².